The van der Waals surface area contributed by atoms with Crippen molar-refractivity contribution in [3.63, 3.8) is 0 Å². The van der Waals surface area contributed by atoms with Gasteiger partial charge in [0.2, 0.25) is 11.7 Å². The molecule has 0 aliphatic carbocycles. The van der Waals surface area contributed by atoms with E-state index in [9.17, 15) is 0 Å². The van der Waals surface area contributed by atoms with Crippen LogP contribution in [0.3, 0.4) is 0 Å². The molecule has 7 heteroatoms. The molecule has 0 bridgehead atoms. The van der Waals surface area contributed by atoms with Crippen molar-refractivity contribution in [3.05, 3.63) is 12.1 Å². The molecule has 0 amide bonds. The third-order valence-corrected chi connectivity index (χ3v) is 2.42. The summed E-state index contributed by atoms with van der Waals surface area (Å²) in [5, 5.41) is 13.9. The molecular formula is C11H18N6O. The predicted octanol–water partition coefficient (Wildman–Crippen LogP) is 1.16. The maximum absolute atomic E-state index is 6.06. The Balaban J connectivity index is 1.99. The Bertz CT molecular complexity index is 484. The number of nitrogens with one attached hydrogen (secondary N) is 1. The van der Waals surface area contributed by atoms with Gasteiger partial charge in [-0.2, -0.15) is 20.4 Å². The highest BCUT2D eigenvalue weighted by Crippen LogP contribution is 2.21. The van der Waals surface area contributed by atoms with Gasteiger partial charge in [0.1, 0.15) is 0 Å². The SMILES string of the molecule is CC(C)(C)CC(N)Cc1nc(-c2cn[nH]n2)no1. The number of rotatable bonds is 4. The lowest BCUT2D eigenvalue weighted by Gasteiger charge is -2.21. The monoisotopic (exact) mass is 250 g/mol. The third-order valence-electron chi connectivity index (χ3n) is 2.42. The average molecular weight is 250 g/mol. The standard InChI is InChI=1S/C11H18N6O/c1-11(2,3)5-7(12)4-9-14-10(16-18-9)8-6-13-17-15-8/h6-7H,4-5,12H2,1-3H3,(H,13,15,17). The number of aromatic amines is 1. The van der Waals surface area contributed by atoms with Crippen molar-refractivity contribution in [2.45, 2.75) is 39.7 Å². The number of hydrogen-bond acceptors (Lipinski definition) is 6. The zero-order chi connectivity index (χ0) is 13.2. The Morgan fingerprint density at radius 2 is 2.22 bits per heavy atom. The van der Waals surface area contributed by atoms with E-state index in [1.54, 1.807) is 6.20 Å². The van der Waals surface area contributed by atoms with E-state index >= 15 is 0 Å². The molecule has 0 saturated carbocycles. The second-order valence-electron chi connectivity index (χ2n) is 5.60. The summed E-state index contributed by atoms with van der Waals surface area (Å²) < 4.78 is 5.15. The van der Waals surface area contributed by atoms with Gasteiger partial charge in [-0.05, 0) is 11.8 Å². The van der Waals surface area contributed by atoms with Crippen LogP contribution in [0.4, 0.5) is 0 Å². The predicted molar refractivity (Wildman–Crippen MR) is 65.4 cm³/mol. The number of H-pyrrole nitrogens is 1. The molecule has 0 fully saturated rings. The first-order valence-electron chi connectivity index (χ1n) is 5.88. The molecule has 98 valence electrons. The van der Waals surface area contributed by atoms with Gasteiger partial charge >= 0.3 is 0 Å². The summed E-state index contributed by atoms with van der Waals surface area (Å²) in [7, 11) is 0. The Labute approximate surface area is 105 Å². The summed E-state index contributed by atoms with van der Waals surface area (Å²) in [5.74, 6) is 0.964. The Morgan fingerprint density at radius 3 is 2.83 bits per heavy atom. The molecule has 0 aliphatic rings. The van der Waals surface area contributed by atoms with E-state index in [-0.39, 0.29) is 11.5 Å². The Hall–Kier alpha value is -1.76. The van der Waals surface area contributed by atoms with Crippen LogP contribution in [0.15, 0.2) is 10.7 Å². The van der Waals surface area contributed by atoms with E-state index < -0.39 is 0 Å². The van der Waals surface area contributed by atoms with Gasteiger partial charge in [-0.3, -0.25) is 0 Å². The van der Waals surface area contributed by atoms with Crippen LogP contribution in [0.25, 0.3) is 11.5 Å². The van der Waals surface area contributed by atoms with Gasteiger partial charge in [-0.1, -0.05) is 25.9 Å². The van der Waals surface area contributed by atoms with Crippen molar-refractivity contribution in [1.29, 1.82) is 0 Å². The maximum atomic E-state index is 6.06. The Kier molecular flexibility index (Phi) is 3.42. The molecule has 2 heterocycles. The van der Waals surface area contributed by atoms with E-state index in [0.717, 1.165) is 6.42 Å². The molecule has 0 aromatic carbocycles. The molecule has 7 nitrogen and oxygen atoms in total. The molecular weight excluding hydrogens is 232 g/mol. The molecule has 0 saturated heterocycles. The number of nitrogens with zero attached hydrogens (tertiary/aromatic N) is 4. The van der Waals surface area contributed by atoms with Gasteiger partial charge < -0.3 is 10.3 Å². The van der Waals surface area contributed by atoms with E-state index in [1.807, 2.05) is 0 Å². The normalized spacial score (nSPS) is 13.8. The molecule has 2 rings (SSSR count). The number of hydrogen-bond donors (Lipinski definition) is 2. The fraction of sp³-hybridized carbons (Fsp3) is 0.636. The van der Waals surface area contributed by atoms with Crippen molar-refractivity contribution in [1.82, 2.24) is 25.6 Å². The average Bonchev–Trinajstić information content (AvgIpc) is 2.82. The topological polar surface area (TPSA) is 107 Å². The van der Waals surface area contributed by atoms with Crippen molar-refractivity contribution < 1.29 is 4.52 Å². The van der Waals surface area contributed by atoms with Gasteiger partial charge in [0, 0.05) is 12.5 Å². The van der Waals surface area contributed by atoms with Crippen LogP contribution >= 0.6 is 0 Å². The van der Waals surface area contributed by atoms with Crippen molar-refractivity contribution in [3.8, 4) is 11.5 Å². The number of aromatic nitrogens is 5. The minimum absolute atomic E-state index is 0.00982. The van der Waals surface area contributed by atoms with Gasteiger partial charge in [0.15, 0.2) is 5.69 Å². The largest absolute Gasteiger partial charge is 0.339 e. The molecule has 1 unspecified atom stereocenters. The lowest BCUT2D eigenvalue weighted by Crippen LogP contribution is -2.28. The summed E-state index contributed by atoms with van der Waals surface area (Å²) in [6.07, 6.45) is 3.01. The molecule has 18 heavy (non-hydrogen) atoms. The van der Waals surface area contributed by atoms with Gasteiger partial charge in [0.05, 0.1) is 6.20 Å². The molecule has 1 atom stereocenters. The molecule has 2 aromatic rings. The van der Waals surface area contributed by atoms with Crippen LogP contribution in [-0.4, -0.2) is 31.6 Å². The maximum Gasteiger partial charge on any atom is 0.228 e. The molecule has 0 radical (unpaired) electrons. The lowest BCUT2D eigenvalue weighted by atomic mass is 9.87. The van der Waals surface area contributed by atoms with Gasteiger partial charge in [-0.25, -0.2) is 0 Å². The van der Waals surface area contributed by atoms with E-state index in [4.69, 9.17) is 10.3 Å². The van der Waals surface area contributed by atoms with Gasteiger partial charge in [0.25, 0.3) is 0 Å². The van der Waals surface area contributed by atoms with Crippen molar-refractivity contribution in [2.75, 3.05) is 0 Å². The van der Waals surface area contributed by atoms with Crippen LogP contribution in [-0.2, 0) is 6.42 Å². The minimum atomic E-state index is 0.00982. The summed E-state index contributed by atoms with van der Waals surface area (Å²) >= 11 is 0. The smallest absolute Gasteiger partial charge is 0.228 e. The molecule has 0 spiro atoms. The highest BCUT2D eigenvalue weighted by Gasteiger charge is 2.19. The quantitative estimate of drug-likeness (QED) is 0.843. The summed E-state index contributed by atoms with van der Waals surface area (Å²) in [4.78, 5) is 4.24. The van der Waals surface area contributed by atoms with Crippen LogP contribution in [0.5, 0.6) is 0 Å². The molecule has 0 aliphatic heterocycles. The fourth-order valence-electron chi connectivity index (χ4n) is 1.83. The number of nitrogens with two attached hydrogens (primary N) is 1. The first-order valence-corrected chi connectivity index (χ1v) is 5.88. The second kappa shape index (κ2) is 4.85. The summed E-state index contributed by atoms with van der Waals surface area (Å²) in [5.41, 5.74) is 6.81. The summed E-state index contributed by atoms with van der Waals surface area (Å²) in [6, 6.07) is 0.00982. The second-order valence-corrected chi connectivity index (χ2v) is 5.60. The first-order chi connectivity index (χ1) is 8.44. The van der Waals surface area contributed by atoms with Gasteiger partial charge in [-0.15, -0.1) is 0 Å². The summed E-state index contributed by atoms with van der Waals surface area (Å²) in [6.45, 7) is 6.46. The first kappa shape index (κ1) is 12.7. The van der Waals surface area contributed by atoms with Crippen LogP contribution in [0.2, 0.25) is 0 Å². The fourth-order valence-corrected chi connectivity index (χ4v) is 1.83. The zero-order valence-electron chi connectivity index (χ0n) is 10.8. The Morgan fingerprint density at radius 1 is 1.44 bits per heavy atom. The molecule has 2 aromatic heterocycles. The zero-order valence-corrected chi connectivity index (χ0v) is 10.8. The van der Waals surface area contributed by atoms with Crippen LogP contribution in [0.1, 0.15) is 33.1 Å². The third kappa shape index (κ3) is 3.36. The lowest BCUT2D eigenvalue weighted by molar-refractivity contribution is 0.313. The van der Waals surface area contributed by atoms with Crippen LogP contribution < -0.4 is 5.73 Å². The van der Waals surface area contributed by atoms with E-state index in [0.29, 0.717) is 23.8 Å². The van der Waals surface area contributed by atoms with Crippen molar-refractivity contribution >= 4 is 0 Å². The van der Waals surface area contributed by atoms with E-state index in [1.165, 1.54) is 0 Å². The highest BCUT2D eigenvalue weighted by molar-refractivity contribution is 5.44. The highest BCUT2D eigenvalue weighted by atomic mass is 16.5. The van der Waals surface area contributed by atoms with Crippen molar-refractivity contribution in [2.24, 2.45) is 11.1 Å². The minimum Gasteiger partial charge on any atom is -0.339 e. The molecule has 3 N–H and O–H groups in total. The van der Waals surface area contributed by atoms with E-state index in [2.05, 4.69) is 46.3 Å². The van der Waals surface area contributed by atoms with Crippen LogP contribution in [0, 0.1) is 5.41 Å².